The van der Waals surface area contributed by atoms with E-state index in [1.54, 1.807) is 6.07 Å². The molecule has 0 bridgehead atoms. The minimum absolute atomic E-state index is 0.399. The van der Waals surface area contributed by atoms with E-state index in [0.29, 0.717) is 29.4 Å². The van der Waals surface area contributed by atoms with Crippen LogP contribution in [0.3, 0.4) is 0 Å². The summed E-state index contributed by atoms with van der Waals surface area (Å²) in [6.07, 6.45) is 4.32. The molecule has 1 aliphatic carbocycles. The van der Waals surface area contributed by atoms with Gasteiger partial charge in [-0.25, -0.2) is 8.78 Å². The van der Waals surface area contributed by atoms with Crippen LogP contribution in [-0.4, -0.2) is 12.6 Å². The lowest BCUT2D eigenvalue weighted by molar-refractivity contribution is 0.180. The molecule has 3 unspecified atom stereocenters. The molecular formula is C18H27F2N. The van der Waals surface area contributed by atoms with E-state index in [4.69, 9.17) is 0 Å². The summed E-state index contributed by atoms with van der Waals surface area (Å²) in [7, 11) is 0. The lowest BCUT2D eigenvalue weighted by atomic mass is 9.72. The number of halogens is 2. The van der Waals surface area contributed by atoms with E-state index in [2.05, 4.69) is 26.1 Å². The smallest absolute Gasteiger partial charge is 0.129 e. The van der Waals surface area contributed by atoms with Crippen molar-refractivity contribution in [2.24, 2.45) is 17.8 Å². The SMILES string of the molecule is CC1CCC(CNC(C)C)C(Cc2ccc(F)cc2F)C1. The van der Waals surface area contributed by atoms with Gasteiger partial charge in [-0.15, -0.1) is 0 Å². The molecule has 118 valence electrons. The summed E-state index contributed by atoms with van der Waals surface area (Å²) in [6, 6.07) is 4.46. The van der Waals surface area contributed by atoms with Crippen molar-refractivity contribution in [2.75, 3.05) is 6.54 Å². The van der Waals surface area contributed by atoms with E-state index in [1.165, 1.54) is 18.9 Å². The minimum atomic E-state index is -0.494. The molecule has 2 rings (SSSR count). The molecule has 0 amide bonds. The zero-order chi connectivity index (χ0) is 15.4. The quantitative estimate of drug-likeness (QED) is 0.840. The van der Waals surface area contributed by atoms with Crippen LogP contribution in [0.4, 0.5) is 8.78 Å². The average molecular weight is 295 g/mol. The molecule has 0 aromatic heterocycles. The maximum absolute atomic E-state index is 13.9. The van der Waals surface area contributed by atoms with Gasteiger partial charge in [0, 0.05) is 12.1 Å². The Labute approximate surface area is 127 Å². The van der Waals surface area contributed by atoms with E-state index < -0.39 is 11.6 Å². The molecule has 3 atom stereocenters. The van der Waals surface area contributed by atoms with E-state index in [-0.39, 0.29) is 0 Å². The van der Waals surface area contributed by atoms with E-state index >= 15 is 0 Å². The maximum Gasteiger partial charge on any atom is 0.129 e. The molecule has 1 nitrogen and oxygen atoms in total. The normalized spacial score (nSPS) is 26.3. The second-order valence-corrected chi connectivity index (χ2v) is 6.94. The summed E-state index contributed by atoms with van der Waals surface area (Å²) in [5.74, 6) is 0.886. The third kappa shape index (κ3) is 4.77. The van der Waals surface area contributed by atoms with Gasteiger partial charge in [-0.2, -0.15) is 0 Å². The van der Waals surface area contributed by atoms with Crippen molar-refractivity contribution in [2.45, 2.75) is 52.5 Å². The van der Waals surface area contributed by atoms with Crippen LogP contribution in [0.5, 0.6) is 0 Å². The molecule has 1 N–H and O–H groups in total. The van der Waals surface area contributed by atoms with Crippen LogP contribution in [0.25, 0.3) is 0 Å². The third-order valence-electron chi connectivity index (χ3n) is 4.69. The molecule has 0 saturated heterocycles. The standard InChI is InChI=1S/C18H27F2N/c1-12(2)21-11-15-5-4-13(3)8-16(15)9-14-6-7-17(19)10-18(14)20/h6-7,10,12-13,15-16,21H,4-5,8-9,11H2,1-3H3. The Hall–Kier alpha value is -0.960. The van der Waals surface area contributed by atoms with Gasteiger partial charge < -0.3 is 5.32 Å². The van der Waals surface area contributed by atoms with Gasteiger partial charge in [0.1, 0.15) is 11.6 Å². The maximum atomic E-state index is 13.9. The first-order valence-electron chi connectivity index (χ1n) is 8.13. The fourth-order valence-electron chi connectivity index (χ4n) is 3.44. The molecule has 3 heteroatoms. The van der Waals surface area contributed by atoms with Gasteiger partial charge in [-0.3, -0.25) is 0 Å². The van der Waals surface area contributed by atoms with Crippen molar-refractivity contribution in [3.8, 4) is 0 Å². The first-order valence-corrected chi connectivity index (χ1v) is 8.13. The summed E-state index contributed by atoms with van der Waals surface area (Å²) >= 11 is 0. The van der Waals surface area contributed by atoms with Crippen LogP contribution in [0, 0.1) is 29.4 Å². The Morgan fingerprint density at radius 1 is 1.19 bits per heavy atom. The number of nitrogens with one attached hydrogen (secondary N) is 1. The van der Waals surface area contributed by atoms with Gasteiger partial charge in [0.25, 0.3) is 0 Å². The van der Waals surface area contributed by atoms with Gasteiger partial charge in [-0.05, 0) is 55.2 Å². The summed E-state index contributed by atoms with van der Waals surface area (Å²) in [4.78, 5) is 0. The summed E-state index contributed by atoms with van der Waals surface area (Å²) < 4.78 is 26.9. The zero-order valence-corrected chi connectivity index (χ0v) is 13.3. The highest BCUT2D eigenvalue weighted by atomic mass is 19.1. The van der Waals surface area contributed by atoms with Crippen molar-refractivity contribution < 1.29 is 8.78 Å². The first kappa shape index (κ1) is 16.4. The highest BCUT2D eigenvalue weighted by Gasteiger charge is 2.29. The topological polar surface area (TPSA) is 12.0 Å². The van der Waals surface area contributed by atoms with Crippen molar-refractivity contribution in [1.82, 2.24) is 5.32 Å². The molecule has 1 aliphatic rings. The van der Waals surface area contributed by atoms with E-state index in [9.17, 15) is 8.78 Å². The Bertz CT molecular complexity index is 459. The highest BCUT2D eigenvalue weighted by molar-refractivity contribution is 5.19. The summed E-state index contributed by atoms with van der Waals surface area (Å²) in [6.45, 7) is 7.58. The fourth-order valence-corrected chi connectivity index (χ4v) is 3.44. The van der Waals surface area contributed by atoms with Gasteiger partial charge in [0.05, 0.1) is 0 Å². The summed E-state index contributed by atoms with van der Waals surface area (Å²) in [5.41, 5.74) is 0.657. The predicted molar refractivity (Wildman–Crippen MR) is 83.2 cm³/mol. The molecule has 0 heterocycles. The second kappa shape index (κ2) is 7.35. The molecule has 0 radical (unpaired) electrons. The Kier molecular flexibility index (Phi) is 5.74. The molecule has 1 aromatic carbocycles. The number of hydrogen-bond donors (Lipinski definition) is 1. The molecule has 0 spiro atoms. The average Bonchev–Trinajstić information content (AvgIpc) is 2.41. The largest absolute Gasteiger partial charge is 0.314 e. The molecular weight excluding hydrogens is 268 g/mol. The lowest BCUT2D eigenvalue weighted by Crippen LogP contribution is -2.36. The Morgan fingerprint density at radius 3 is 2.62 bits per heavy atom. The van der Waals surface area contributed by atoms with Gasteiger partial charge in [0.2, 0.25) is 0 Å². The Balaban J connectivity index is 2.05. The predicted octanol–water partition coefficient (Wildman–Crippen LogP) is 4.56. The van der Waals surface area contributed by atoms with Crippen LogP contribution >= 0.6 is 0 Å². The minimum Gasteiger partial charge on any atom is -0.314 e. The van der Waals surface area contributed by atoms with Crippen molar-refractivity contribution in [1.29, 1.82) is 0 Å². The summed E-state index contributed by atoms with van der Waals surface area (Å²) in [5, 5.41) is 3.52. The molecule has 1 fully saturated rings. The van der Waals surface area contributed by atoms with Gasteiger partial charge >= 0.3 is 0 Å². The third-order valence-corrected chi connectivity index (χ3v) is 4.69. The first-order chi connectivity index (χ1) is 9.95. The molecule has 21 heavy (non-hydrogen) atoms. The number of hydrogen-bond acceptors (Lipinski definition) is 1. The molecule has 0 aliphatic heterocycles. The van der Waals surface area contributed by atoms with Crippen molar-refractivity contribution in [3.05, 3.63) is 35.4 Å². The van der Waals surface area contributed by atoms with E-state index in [1.807, 2.05) is 0 Å². The van der Waals surface area contributed by atoms with Crippen LogP contribution in [-0.2, 0) is 6.42 Å². The number of rotatable bonds is 5. The van der Waals surface area contributed by atoms with Crippen LogP contribution in [0.2, 0.25) is 0 Å². The lowest BCUT2D eigenvalue weighted by Gasteiger charge is -2.36. The second-order valence-electron chi connectivity index (χ2n) is 6.94. The number of benzene rings is 1. The zero-order valence-electron chi connectivity index (χ0n) is 13.3. The van der Waals surface area contributed by atoms with Crippen molar-refractivity contribution in [3.63, 3.8) is 0 Å². The van der Waals surface area contributed by atoms with Crippen LogP contribution in [0.1, 0.15) is 45.6 Å². The monoisotopic (exact) mass is 295 g/mol. The van der Waals surface area contributed by atoms with Crippen molar-refractivity contribution >= 4 is 0 Å². The highest BCUT2D eigenvalue weighted by Crippen LogP contribution is 2.36. The molecule has 1 aromatic rings. The van der Waals surface area contributed by atoms with E-state index in [0.717, 1.165) is 25.5 Å². The van der Waals surface area contributed by atoms with Gasteiger partial charge in [0.15, 0.2) is 0 Å². The van der Waals surface area contributed by atoms with Gasteiger partial charge in [-0.1, -0.05) is 33.3 Å². The van der Waals surface area contributed by atoms with Crippen LogP contribution in [0.15, 0.2) is 18.2 Å². The van der Waals surface area contributed by atoms with Crippen LogP contribution < -0.4 is 5.32 Å². The Morgan fingerprint density at radius 2 is 1.95 bits per heavy atom. The molecule has 1 saturated carbocycles. The fraction of sp³-hybridized carbons (Fsp3) is 0.667.